The third-order valence-electron chi connectivity index (χ3n) is 4.41. The second kappa shape index (κ2) is 7.29. The molecule has 2 aliphatic rings. The molecule has 1 aromatic rings. The molecule has 2 saturated heterocycles. The fourth-order valence-corrected chi connectivity index (χ4v) is 5.14. The zero-order valence-corrected chi connectivity index (χ0v) is 14.4. The molecule has 1 aromatic heterocycles. The smallest absolute Gasteiger partial charge is 0.217 e. The molecular formula is C14H21ClN4O3S. The molecule has 0 spiro atoms. The Hall–Kier alpha value is -0.960. The van der Waals surface area contributed by atoms with Gasteiger partial charge in [-0.05, 0) is 25.7 Å². The van der Waals surface area contributed by atoms with Crippen LogP contribution in [-0.2, 0) is 14.8 Å². The number of anilines is 1. The molecule has 0 unspecified atom stereocenters. The molecule has 23 heavy (non-hydrogen) atoms. The van der Waals surface area contributed by atoms with Gasteiger partial charge in [0.15, 0.2) is 0 Å². The summed E-state index contributed by atoms with van der Waals surface area (Å²) in [6, 6.07) is 0.170. The minimum absolute atomic E-state index is 0.170. The highest BCUT2D eigenvalue weighted by Crippen LogP contribution is 2.25. The minimum atomic E-state index is -3.22. The Labute approximate surface area is 141 Å². The van der Waals surface area contributed by atoms with Crippen LogP contribution in [-0.4, -0.2) is 60.3 Å². The van der Waals surface area contributed by atoms with Crippen molar-refractivity contribution in [2.45, 2.75) is 37.0 Å². The van der Waals surface area contributed by atoms with Crippen LogP contribution in [0.5, 0.6) is 0 Å². The fourth-order valence-electron chi connectivity index (χ4n) is 3.05. The predicted octanol–water partition coefficient (Wildman–Crippen LogP) is 1.52. The van der Waals surface area contributed by atoms with E-state index in [1.165, 1.54) is 6.33 Å². The maximum Gasteiger partial charge on any atom is 0.217 e. The standard InChI is InChI=1S/C14H21ClN4O3S/c15-13-9-16-10-17-14(13)18-11-1-5-19(6-2-11)23(20,21)12-3-7-22-8-4-12/h9-12H,1-8H2,(H,16,17,18). The van der Waals surface area contributed by atoms with Crippen LogP contribution >= 0.6 is 11.6 Å². The Morgan fingerprint density at radius 2 is 1.91 bits per heavy atom. The van der Waals surface area contributed by atoms with Crippen LogP contribution < -0.4 is 5.32 Å². The van der Waals surface area contributed by atoms with Crippen molar-refractivity contribution in [3.8, 4) is 0 Å². The first-order chi connectivity index (χ1) is 11.1. The highest BCUT2D eigenvalue weighted by atomic mass is 35.5. The lowest BCUT2D eigenvalue weighted by molar-refractivity contribution is 0.0969. The summed E-state index contributed by atoms with van der Waals surface area (Å²) in [6.45, 7) is 2.13. The highest BCUT2D eigenvalue weighted by molar-refractivity contribution is 7.89. The third kappa shape index (κ3) is 3.93. The fraction of sp³-hybridized carbons (Fsp3) is 0.714. The molecule has 1 N–H and O–H groups in total. The van der Waals surface area contributed by atoms with Crippen molar-refractivity contribution >= 4 is 27.4 Å². The van der Waals surface area contributed by atoms with Crippen LogP contribution in [0.25, 0.3) is 0 Å². The van der Waals surface area contributed by atoms with Gasteiger partial charge in [0, 0.05) is 32.3 Å². The number of rotatable bonds is 4. The molecule has 3 heterocycles. The summed E-state index contributed by atoms with van der Waals surface area (Å²) < 4.78 is 32.2. The first-order valence-electron chi connectivity index (χ1n) is 7.86. The van der Waals surface area contributed by atoms with Crippen molar-refractivity contribution in [3.63, 3.8) is 0 Å². The lowest BCUT2D eigenvalue weighted by Crippen LogP contribution is -2.47. The first kappa shape index (κ1) is 16.9. The van der Waals surface area contributed by atoms with Crippen molar-refractivity contribution < 1.29 is 13.2 Å². The number of hydrogen-bond donors (Lipinski definition) is 1. The average Bonchev–Trinajstić information content (AvgIpc) is 2.58. The van der Waals surface area contributed by atoms with Crippen LogP contribution in [0.1, 0.15) is 25.7 Å². The second-order valence-corrected chi connectivity index (χ2v) is 8.51. The lowest BCUT2D eigenvalue weighted by atomic mass is 10.1. The maximum atomic E-state index is 12.7. The number of hydrogen-bond acceptors (Lipinski definition) is 6. The normalized spacial score (nSPS) is 22.1. The van der Waals surface area contributed by atoms with Crippen LogP contribution in [0.3, 0.4) is 0 Å². The topological polar surface area (TPSA) is 84.4 Å². The van der Waals surface area contributed by atoms with E-state index in [0.29, 0.717) is 50.0 Å². The minimum Gasteiger partial charge on any atom is -0.381 e. The van der Waals surface area contributed by atoms with Crippen LogP contribution in [0.2, 0.25) is 5.02 Å². The van der Waals surface area contributed by atoms with E-state index in [-0.39, 0.29) is 11.3 Å². The van der Waals surface area contributed by atoms with Crippen molar-refractivity contribution in [2.24, 2.45) is 0 Å². The molecule has 0 saturated carbocycles. The van der Waals surface area contributed by atoms with E-state index in [2.05, 4.69) is 15.3 Å². The monoisotopic (exact) mass is 360 g/mol. The van der Waals surface area contributed by atoms with Crippen molar-refractivity contribution in [2.75, 3.05) is 31.6 Å². The molecule has 9 heteroatoms. The van der Waals surface area contributed by atoms with Gasteiger partial charge >= 0.3 is 0 Å². The Morgan fingerprint density at radius 1 is 1.22 bits per heavy atom. The van der Waals surface area contributed by atoms with E-state index in [9.17, 15) is 8.42 Å². The first-order valence-corrected chi connectivity index (χ1v) is 9.74. The number of sulfonamides is 1. The van der Waals surface area contributed by atoms with Crippen LogP contribution in [0.4, 0.5) is 5.82 Å². The Bertz CT molecular complexity index is 629. The van der Waals surface area contributed by atoms with Crippen molar-refractivity contribution in [1.29, 1.82) is 0 Å². The van der Waals surface area contributed by atoms with E-state index in [1.54, 1.807) is 10.5 Å². The van der Waals surface area contributed by atoms with Gasteiger partial charge in [-0.25, -0.2) is 22.7 Å². The molecule has 2 fully saturated rings. The molecule has 0 atom stereocenters. The van der Waals surface area contributed by atoms with E-state index in [4.69, 9.17) is 16.3 Å². The molecule has 7 nitrogen and oxygen atoms in total. The molecule has 0 aromatic carbocycles. The summed E-state index contributed by atoms with van der Waals surface area (Å²) in [5.41, 5.74) is 0. The van der Waals surface area contributed by atoms with Crippen molar-refractivity contribution in [1.82, 2.24) is 14.3 Å². The van der Waals surface area contributed by atoms with Gasteiger partial charge in [0.05, 0.1) is 11.4 Å². The zero-order chi connectivity index (χ0) is 16.3. The molecular weight excluding hydrogens is 340 g/mol. The zero-order valence-electron chi connectivity index (χ0n) is 12.8. The molecule has 2 aliphatic heterocycles. The van der Waals surface area contributed by atoms with Crippen LogP contribution in [0, 0.1) is 0 Å². The summed E-state index contributed by atoms with van der Waals surface area (Å²) in [6.07, 6.45) is 5.65. The Balaban J connectivity index is 1.57. The number of aromatic nitrogens is 2. The summed E-state index contributed by atoms with van der Waals surface area (Å²) in [4.78, 5) is 7.97. The van der Waals surface area contributed by atoms with Crippen molar-refractivity contribution in [3.05, 3.63) is 17.5 Å². The van der Waals surface area contributed by atoms with Gasteiger partial charge < -0.3 is 10.1 Å². The number of halogens is 1. The van der Waals surface area contributed by atoms with E-state index >= 15 is 0 Å². The quantitative estimate of drug-likeness (QED) is 0.876. The van der Waals surface area contributed by atoms with Gasteiger partial charge in [-0.2, -0.15) is 0 Å². The van der Waals surface area contributed by atoms with E-state index in [1.807, 2.05) is 0 Å². The van der Waals surface area contributed by atoms with E-state index in [0.717, 1.165) is 12.8 Å². The highest BCUT2D eigenvalue weighted by Gasteiger charge is 2.35. The molecule has 0 bridgehead atoms. The number of ether oxygens (including phenoxy) is 1. The summed E-state index contributed by atoms with van der Waals surface area (Å²) >= 11 is 6.04. The van der Waals surface area contributed by atoms with Gasteiger partial charge in [0.25, 0.3) is 0 Å². The summed E-state index contributed by atoms with van der Waals surface area (Å²) in [7, 11) is -3.22. The van der Waals surface area contributed by atoms with Crippen LogP contribution in [0.15, 0.2) is 12.5 Å². The molecule has 3 rings (SSSR count). The molecule has 128 valence electrons. The average molecular weight is 361 g/mol. The molecule has 0 radical (unpaired) electrons. The van der Waals surface area contributed by atoms with Gasteiger partial charge in [-0.15, -0.1) is 0 Å². The number of nitrogens with one attached hydrogen (secondary N) is 1. The summed E-state index contributed by atoms with van der Waals surface area (Å²) in [5, 5.41) is 3.46. The molecule has 0 amide bonds. The summed E-state index contributed by atoms with van der Waals surface area (Å²) in [5.74, 6) is 0.604. The lowest BCUT2D eigenvalue weighted by Gasteiger charge is -2.35. The Morgan fingerprint density at radius 3 is 2.57 bits per heavy atom. The second-order valence-electron chi connectivity index (χ2n) is 5.89. The predicted molar refractivity (Wildman–Crippen MR) is 88.0 cm³/mol. The van der Waals surface area contributed by atoms with Gasteiger partial charge in [-0.3, -0.25) is 0 Å². The SMILES string of the molecule is O=S(=O)(C1CCOCC1)N1CCC(Nc2ncncc2Cl)CC1. The largest absolute Gasteiger partial charge is 0.381 e. The van der Waals surface area contributed by atoms with Gasteiger partial charge in [0.1, 0.15) is 17.2 Å². The van der Waals surface area contributed by atoms with E-state index < -0.39 is 10.0 Å². The van der Waals surface area contributed by atoms with Gasteiger partial charge in [0.2, 0.25) is 10.0 Å². The molecule has 0 aliphatic carbocycles. The number of piperidine rings is 1. The number of nitrogens with zero attached hydrogens (tertiary/aromatic N) is 3. The Kier molecular flexibility index (Phi) is 5.35. The van der Waals surface area contributed by atoms with Gasteiger partial charge in [-0.1, -0.05) is 11.6 Å². The maximum absolute atomic E-state index is 12.7. The third-order valence-corrected chi connectivity index (χ3v) is 7.09.